The Balaban J connectivity index is 1.96. The molecule has 9 heteroatoms. The number of esters is 1. The van der Waals surface area contributed by atoms with Crippen molar-refractivity contribution in [1.82, 2.24) is 4.31 Å². The van der Waals surface area contributed by atoms with Crippen LogP contribution in [0.4, 0.5) is 5.69 Å². The number of rotatable bonds is 8. The van der Waals surface area contributed by atoms with Crippen molar-refractivity contribution < 1.29 is 22.7 Å². The summed E-state index contributed by atoms with van der Waals surface area (Å²) in [5, 5.41) is 11.4. The van der Waals surface area contributed by atoms with Gasteiger partial charge in [-0.2, -0.15) is 9.57 Å². The molecule has 2 rings (SSSR count). The molecule has 29 heavy (non-hydrogen) atoms. The fraction of sp³-hybridized carbons (Fsp3) is 0.250. The molecule has 0 aromatic heterocycles. The number of ether oxygens (including phenoxy) is 1. The molecule has 0 saturated carbocycles. The molecule has 0 atom stereocenters. The molecule has 0 aliphatic rings. The standard InChI is InChI=1S/C20H21N3O5S/c1-3-23(4-2)29(26,27)18-10-8-17(9-11-18)22-19(24)14-28-20(25)16-7-5-6-15(12-16)13-21/h5-12H,3-4,14H2,1-2H3,(H,22,24). The van der Waals surface area contributed by atoms with Crippen molar-refractivity contribution in [2.75, 3.05) is 25.0 Å². The summed E-state index contributed by atoms with van der Waals surface area (Å²) in [7, 11) is -3.58. The highest BCUT2D eigenvalue weighted by atomic mass is 32.2. The number of nitrogens with one attached hydrogen (secondary N) is 1. The van der Waals surface area contributed by atoms with Gasteiger partial charge in [0.15, 0.2) is 6.61 Å². The van der Waals surface area contributed by atoms with Gasteiger partial charge < -0.3 is 10.1 Å². The second kappa shape index (κ2) is 9.82. The number of anilines is 1. The van der Waals surface area contributed by atoms with Gasteiger partial charge in [-0.15, -0.1) is 0 Å². The van der Waals surface area contributed by atoms with Crippen molar-refractivity contribution in [2.45, 2.75) is 18.7 Å². The van der Waals surface area contributed by atoms with Crippen molar-refractivity contribution in [1.29, 1.82) is 5.26 Å². The zero-order valence-corrected chi connectivity index (χ0v) is 16.9. The number of carbonyl (C=O) groups is 2. The van der Waals surface area contributed by atoms with Crippen molar-refractivity contribution in [3.8, 4) is 6.07 Å². The second-order valence-electron chi connectivity index (χ2n) is 5.93. The Morgan fingerprint density at radius 1 is 1.10 bits per heavy atom. The highest BCUT2D eigenvalue weighted by Gasteiger charge is 2.21. The van der Waals surface area contributed by atoms with Crippen LogP contribution in [0.15, 0.2) is 53.4 Å². The number of nitriles is 1. The van der Waals surface area contributed by atoms with E-state index in [1.54, 1.807) is 26.0 Å². The maximum Gasteiger partial charge on any atom is 0.338 e. The van der Waals surface area contributed by atoms with E-state index in [0.717, 1.165) is 0 Å². The molecule has 0 radical (unpaired) electrons. The molecule has 0 unspecified atom stereocenters. The Hall–Kier alpha value is -3.22. The van der Waals surface area contributed by atoms with Gasteiger partial charge in [-0.1, -0.05) is 19.9 Å². The SMILES string of the molecule is CCN(CC)S(=O)(=O)c1ccc(NC(=O)COC(=O)c2cccc(C#N)c2)cc1. The summed E-state index contributed by atoms with van der Waals surface area (Å²) in [6.07, 6.45) is 0. The van der Waals surface area contributed by atoms with Crippen molar-refractivity contribution >= 4 is 27.6 Å². The van der Waals surface area contributed by atoms with Crippen LogP contribution in [0, 0.1) is 11.3 Å². The third-order valence-corrected chi connectivity index (χ3v) is 6.11. The minimum absolute atomic E-state index is 0.128. The van der Waals surface area contributed by atoms with E-state index in [1.807, 2.05) is 6.07 Å². The zero-order valence-electron chi connectivity index (χ0n) is 16.1. The van der Waals surface area contributed by atoms with Crippen LogP contribution in [0.25, 0.3) is 0 Å². The predicted octanol–water partition coefficient (Wildman–Crippen LogP) is 2.38. The van der Waals surface area contributed by atoms with E-state index in [2.05, 4.69) is 5.32 Å². The number of benzene rings is 2. The fourth-order valence-corrected chi connectivity index (χ4v) is 4.01. The maximum atomic E-state index is 12.4. The Morgan fingerprint density at radius 2 is 1.76 bits per heavy atom. The average Bonchev–Trinajstić information content (AvgIpc) is 2.73. The van der Waals surface area contributed by atoms with Crippen molar-refractivity contribution in [3.05, 3.63) is 59.7 Å². The summed E-state index contributed by atoms with van der Waals surface area (Å²) in [6, 6.07) is 13.6. The topological polar surface area (TPSA) is 117 Å². The molecule has 0 fully saturated rings. The number of sulfonamides is 1. The summed E-state index contributed by atoms with van der Waals surface area (Å²) in [6.45, 7) is 3.72. The Morgan fingerprint density at radius 3 is 2.34 bits per heavy atom. The van der Waals surface area contributed by atoms with Crippen LogP contribution in [-0.2, 0) is 19.6 Å². The van der Waals surface area contributed by atoms with E-state index in [9.17, 15) is 18.0 Å². The molecule has 152 valence electrons. The fourth-order valence-electron chi connectivity index (χ4n) is 2.55. The van der Waals surface area contributed by atoms with Crippen molar-refractivity contribution in [3.63, 3.8) is 0 Å². The van der Waals surface area contributed by atoms with E-state index < -0.39 is 28.5 Å². The van der Waals surface area contributed by atoms with Gasteiger partial charge in [0.2, 0.25) is 10.0 Å². The molecular formula is C20H21N3O5S. The minimum Gasteiger partial charge on any atom is -0.452 e. The molecule has 2 aromatic carbocycles. The molecule has 0 heterocycles. The van der Waals surface area contributed by atoms with Crippen LogP contribution in [-0.4, -0.2) is 44.3 Å². The van der Waals surface area contributed by atoms with Gasteiger partial charge in [-0.3, -0.25) is 4.79 Å². The molecule has 1 N–H and O–H groups in total. The first-order valence-corrected chi connectivity index (χ1v) is 10.3. The molecular weight excluding hydrogens is 394 g/mol. The Bertz CT molecular complexity index is 1020. The summed E-state index contributed by atoms with van der Waals surface area (Å²) in [4.78, 5) is 24.1. The quantitative estimate of drug-likeness (QED) is 0.662. The first kappa shape index (κ1) is 22.1. The molecule has 1 amide bonds. The number of nitrogens with zero attached hydrogens (tertiary/aromatic N) is 2. The average molecular weight is 415 g/mol. The minimum atomic E-state index is -3.58. The number of hydrogen-bond acceptors (Lipinski definition) is 6. The third-order valence-electron chi connectivity index (χ3n) is 4.04. The molecule has 0 aliphatic carbocycles. The lowest BCUT2D eigenvalue weighted by molar-refractivity contribution is -0.119. The van der Waals surface area contributed by atoms with Crippen LogP contribution in [0.2, 0.25) is 0 Å². The summed E-state index contributed by atoms with van der Waals surface area (Å²) >= 11 is 0. The van der Waals surface area contributed by atoms with Crippen LogP contribution in [0.3, 0.4) is 0 Å². The van der Waals surface area contributed by atoms with Gasteiger partial charge in [-0.25, -0.2) is 13.2 Å². The van der Waals surface area contributed by atoms with Gasteiger partial charge in [0.25, 0.3) is 5.91 Å². The monoisotopic (exact) mass is 415 g/mol. The van der Waals surface area contributed by atoms with Gasteiger partial charge in [-0.05, 0) is 42.5 Å². The lowest BCUT2D eigenvalue weighted by atomic mass is 10.1. The van der Waals surface area contributed by atoms with E-state index >= 15 is 0 Å². The molecule has 2 aromatic rings. The van der Waals surface area contributed by atoms with Crippen LogP contribution >= 0.6 is 0 Å². The smallest absolute Gasteiger partial charge is 0.338 e. The molecule has 0 saturated heterocycles. The normalized spacial score (nSPS) is 11.0. The summed E-state index contributed by atoms with van der Waals surface area (Å²) < 4.78 is 31.2. The number of carbonyl (C=O) groups excluding carboxylic acids is 2. The molecule has 0 bridgehead atoms. The molecule has 8 nitrogen and oxygen atoms in total. The van der Waals surface area contributed by atoms with Crippen LogP contribution in [0.5, 0.6) is 0 Å². The van der Waals surface area contributed by atoms with Crippen molar-refractivity contribution in [2.24, 2.45) is 0 Å². The highest BCUT2D eigenvalue weighted by Crippen LogP contribution is 2.18. The largest absolute Gasteiger partial charge is 0.452 e. The van der Waals surface area contributed by atoms with Crippen LogP contribution < -0.4 is 5.32 Å². The lowest BCUT2D eigenvalue weighted by Gasteiger charge is -2.18. The van der Waals surface area contributed by atoms with E-state index in [1.165, 1.54) is 40.7 Å². The van der Waals surface area contributed by atoms with Gasteiger partial charge >= 0.3 is 5.97 Å². The van der Waals surface area contributed by atoms with E-state index in [0.29, 0.717) is 24.3 Å². The third kappa shape index (κ3) is 5.63. The van der Waals surface area contributed by atoms with Gasteiger partial charge in [0.1, 0.15) is 0 Å². The Kier molecular flexibility index (Phi) is 7.47. The number of hydrogen-bond donors (Lipinski definition) is 1. The van der Waals surface area contributed by atoms with E-state index in [-0.39, 0.29) is 10.5 Å². The van der Waals surface area contributed by atoms with Gasteiger partial charge in [0, 0.05) is 18.8 Å². The Labute approximate surface area is 169 Å². The molecule has 0 aliphatic heterocycles. The highest BCUT2D eigenvalue weighted by molar-refractivity contribution is 7.89. The predicted molar refractivity (Wildman–Crippen MR) is 107 cm³/mol. The van der Waals surface area contributed by atoms with E-state index in [4.69, 9.17) is 10.00 Å². The number of amides is 1. The second-order valence-corrected chi connectivity index (χ2v) is 7.87. The summed E-state index contributed by atoms with van der Waals surface area (Å²) in [5.41, 5.74) is 0.850. The summed E-state index contributed by atoms with van der Waals surface area (Å²) in [5.74, 6) is -1.30. The zero-order chi connectivity index (χ0) is 21.4. The molecule has 0 spiro atoms. The van der Waals surface area contributed by atoms with Gasteiger partial charge in [0.05, 0.1) is 22.1 Å². The first-order valence-electron chi connectivity index (χ1n) is 8.89. The lowest BCUT2D eigenvalue weighted by Crippen LogP contribution is -2.30. The maximum absolute atomic E-state index is 12.4. The first-order chi connectivity index (χ1) is 13.8. The van der Waals surface area contributed by atoms with Crippen LogP contribution in [0.1, 0.15) is 29.8 Å².